The normalized spacial score (nSPS) is 12.4. The molecule has 0 saturated carbocycles. The summed E-state index contributed by atoms with van der Waals surface area (Å²) in [6, 6.07) is 11.7. The molecule has 1 aliphatic rings. The molecule has 0 spiro atoms. The van der Waals surface area contributed by atoms with Crippen LogP contribution in [0.4, 0.5) is 0 Å². The Morgan fingerprint density at radius 3 is 2.61 bits per heavy atom. The second kappa shape index (κ2) is 9.40. The molecule has 9 heteroatoms. The minimum atomic E-state index is 0. The van der Waals surface area contributed by atoms with Gasteiger partial charge in [0.05, 0.1) is 0 Å². The van der Waals surface area contributed by atoms with Crippen molar-refractivity contribution in [3.05, 3.63) is 66.1 Å². The van der Waals surface area contributed by atoms with Crippen LogP contribution in [0.15, 0.2) is 60.0 Å². The Bertz CT molecular complexity index is 945. The summed E-state index contributed by atoms with van der Waals surface area (Å²) in [6.07, 6.45) is 5.37. The molecule has 1 aromatic carbocycles. The molecule has 0 saturated heterocycles. The van der Waals surface area contributed by atoms with E-state index in [1.165, 1.54) is 0 Å². The second-order valence-electron chi connectivity index (χ2n) is 5.94. The molecule has 4 rings (SSSR count). The fourth-order valence-electron chi connectivity index (χ4n) is 2.74. The van der Waals surface area contributed by atoms with Crippen molar-refractivity contribution in [2.45, 2.75) is 13.1 Å². The minimum Gasteiger partial charge on any atom is -0.454 e. The lowest BCUT2D eigenvalue weighted by Crippen LogP contribution is -2.36. The molecule has 1 aliphatic heterocycles. The first-order chi connectivity index (χ1) is 13.3. The third kappa shape index (κ3) is 4.71. The van der Waals surface area contributed by atoms with E-state index in [2.05, 4.69) is 25.7 Å². The number of hydrogen-bond donors (Lipinski definition) is 2. The predicted octanol–water partition coefficient (Wildman–Crippen LogP) is 2.48. The Morgan fingerprint density at radius 1 is 1.07 bits per heavy atom. The molecule has 2 aromatic heterocycles. The number of hydrogen-bond acceptors (Lipinski definition) is 5. The average molecular weight is 492 g/mol. The number of pyridine rings is 1. The van der Waals surface area contributed by atoms with Gasteiger partial charge in [0, 0.05) is 38.7 Å². The Balaban J connectivity index is 0.00000225. The van der Waals surface area contributed by atoms with E-state index in [0.29, 0.717) is 19.0 Å². The van der Waals surface area contributed by atoms with Gasteiger partial charge in [-0.2, -0.15) is 5.10 Å². The van der Waals surface area contributed by atoms with Crippen molar-refractivity contribution in [3.8, 4) is 17.3 Å². The third-order valence-corrected chi connectivity index (χ3v) is 4.13. The van der Waals surface area contributed by atoms with Crippen LogP contribution in [0.25, 0.3) is 5.82 Å². The van der Waals surface area contributed by atoms with Gasteiger partial charge in [-0.05, 0) is 41.5 Å². The van der Waals surface area contributed by atoms with Crippen LogP contribution in [0.5, 0.6) is 11.5 Å². The Morgan fingerprint density at radius 2 is 1.86 bits per heavy atom. The number of benzene rings is 1. The zero-order chi connectivity index (χ0) is 18.5. The molecular formula is C19H21IN6O2. The van der Waals surface area contributed by atoms with E-state index in [-0.39, 0.29) is 30.8 Å². The van der Waals surface area contributed by atoms with Crippen LogP contribution in [-0.4, -0.2) is 34.6 Å². The summed E-state index contributed by atoms with van der Waals surface area (Å²) >= 11 is 0. The molecule has 0 amide bonds. The number of guanidine groups is 1. The van der Waals surface area contributed by atoms with Gasteiger partial charge in [-0.3, -0.25) is 4.99 Å². The van der Waals surface area contributed by atoms with Crippen LogP contribution in [-0.2, 0) is 13.1 Å². The van der Waals surface area contributed by atoms with E-state index in [1.807, 2.05) is 42.6 Å². The highest BCUT2D eigenvalue weighted by Gasteiger charge is 2.13. The summed E-state index contributed by atoms with van der Waals surface area (Å²) in [7, 11) is 1.75. The fraction of sp³-hybridized carbons (Fsp3) is 0.211. The largest absolute Gasteiger partial charge is 0.454 e. The summed E-state index contributed by atoms with van der Waals surface area (Å²) in [5.41, 5.74) is 2.17. The quantitative estimate of drug-likeness (QED) is 0.324. The number of fused-ring (bicyclic) bond motifs is 1. The molecule has 2 N–H and O–H groups in total. The SMILES string of the molecule is CN=C(NCc1ccnc(-n2cccn2)c1)NCc1ccc2c(c1)OCO2.I. The van der Waals surface area contributed by atoms with E-state index in [0.717, 1.165) is 28.4 Å². The van der Waals surface area contributed by atoms with Gasteiger partial charge in [-0.1, -0.05) is 6.07 Å². The number of nitrogens with one attached hydrogen (secondary N) is 2. The first kappa shape index (κ1) is 19.9. The summed E-state index contributed by atoms with van der Waals surface area (Å²) in [6.45, 7) is 1.53. The van der Waals surface area contributed by atoms with E-state index in [9.17, 15) is 0 Å². The van der Waals surface area contributed by atoms with Gasteiger partial charge in [-0.25, -0.2) is 9.67 Å². The van der Waals surface area contributed by atoms with Gasteiger partial charge in [-0.15, -0.1) is 24.0 Å². The third-order valence-electron chi connectivity index (χ3n) is 4.13. The maximum absolute atomic E-state index is 5.41. The Kier molecular flexibility index (Phi) is 6.69. The molecule has 146 valence electrons. The molecule has 0 atom stereocenters. The van der Waals surface area contributed by atoms with Crippen LogP contribution < -0.4 is 20.1 Å². The van der Waals surface area contributed by atoms with Crippen molar-refractivity contribution in [3.63, 3.8) is 0 Å². The molecule has 0 bridgehead atoms. The number of ether oxygens (including phenoxy) is 2. The van der Waals surface area contributed by atoms with Crippen LogP contribution >= 0.6 is 24.0 Å². The Hall–Kier alpha value is -2.82. The van der Waals surface area contributed by atoms with Crippen molar-refractivity contribution in [1.29, 1.82) is 0 Å². The summed E-state index contributed by atoms with van der Waals surface area (Å²) < 4.78 is 12.5. The Labute approximate surface area is 180 Å². The van der Waals surface area contributed by atoms with E-state index >= 15 is 0 Å². The molecule has 3 heterocycles. The number of aliphatic imine (C=N–C) groups is 1. The highest BCUT2D eigenvalue weighted by Crippen LogP contribution is 2.32. The van der Waals surface area contributed by atoms with E-state index < -0.39 is 0 Å². The van der Waals surface area contributed by atoms with Gasteiger partial charge in [0.2, 0.25) is 6.79 Å². The molecular weight excluding hydrogens is 471 g/mol. The topological polar surface area (TPSA) is 85.6 Å². The van der Waals surface area contributed by atoms with Crippen molar-refractivity contribution >= 4 is 29.9 Å². The molecule has 3 aromatic rings. The molecule has 0 unspecified atom stereocenters. The van der Waals surface area contributed by atoms with Gasteiger partial charge in [0.25, 0.3) is 0 Å². The van der Waals surface area contributed by atoms with Crippen LogP contribution in [0, 0.1) is 0 Å². The van der Waals surface area contributed by atoms with Gasteiger partial charge in [0.15, 0.2) is 23.3 Å². The molecule has 0 aliphatic carbocycles. The first-order valence-electron chi connectivity index (χ1n) is 8.60. The van der Waals surface area contributed by atoms with E-state index in [1.54, 1.807) is 24.1 Å². The number of nitrogens with zero attached hydrogens (tertiary/aromatic N) is 4. The van der Waals surface area contributed by atoms with Crippen molar-refractivity contribution < 1.29 is 9.47 Å². The summed E-state index contributed by atoms with van der Waals surface area (Å²) in [5.74, 6) is 3.06. The smallest absolute Gasteiger partial charge is 0.231 e. The monoisotopic (exact) mass is 492 g/mol. The van der Waals surface area contributed by atoms with Crippen LogP contribution in [0.2, 0.25) is 0 Å². The molecule has 0 radical (unpaired) electrons. The van der Waals surface area contributed by atoms with Gasteiger partial charge >= 0.3 is 0 Å². The van der Waals surface area contributed by atoms with Gasteiger partial charge < -0.3 is 20.1 Å². The van der Waals surface area contributed by atoms with Crippen LogP contribution in [0.1, 0.15) is 11.1 Å². The van der Waals surface area contributed by atoms with Crippen molar-refractivity contribution in [2.24, 2.45) is 4.99 Å². The summed E-state index contributed by atoms with van der Waals surface area (Å²) in [5, 5.41) is 10.8. The minimum absolute atomic E-state index is 0. The average Bonchev–Trinajstić information content (AvgIpc) is 3.40. The standard InChI is InChI=1S/C19H20N6O2.HI/c1-20-19(22-11-14-3-4-16-17(9-14)27-13-26-16)23-12-15-5-7-21-18(10-15)25-8-2-6-24-25;/h2-10H,11-13H2,1H3,(H2,20,22,23);1H. The number of rotatable bonds is 5. The maximum atomic E-state index is 5.41. The lowest BCUT2D eigenvalue weighted by molar-refractivity contribution is 0.174. The molecule has 28 heavy (non-hydrogen) atoms. The van der Waals surface area contributed by atoms with E-state index in [4.69, 9.17) is 9.47 Å². The molecule has 8 nitrogen and oxygen atoms in total. The molecule has 0 fully saturated rings. The maximum Gasteiger partial charge on any atom is 0.231 e. The van der Waals surface area contributed by atoms with Crippen LogP contribution in [0.3, 0.4) is 0 Å². The predicted molar refractivity (Wildman–Crippen MR) is 116 cm³/mol. The zero-order valence-corrected chi connectivity index (χ0v) is 17.7. The fourth-order valence-corrected chi connectivity index (χ4v) is 2.74. The van der Waals surface area contributed by atoms with Gasteiger partial charge in [0.1, 0.15) is 0 Å². The van der Waals surface area contributed by atoms with Crippen molar-refractivity contribution in [1.82, 2.24) is 25.4 Å². The van der Waals surface area contributed by atoms with Crippen molar-refractivity contribution in [2.75, 3.05) is 13.8 Å². The highest BCUT2D eigenvalue weighted by molar-refractivity contribution is 14.0. The lowest BCUT2D eigenvalue weighted by Gasteiger charge is -2.13. The second-order valence-corrected chi connectivity index (χ2v) is 5.94. The summed E-state index contributed by atoms with van der Waals surface area (Å²) in [4.78, 5) is 8.61. The lowest BCUT2D eigenvalue weighted by atomic mass is 10.2. The number of halogens is 1. The highest BCUT2D eigenvalue weighted by atomic mass is 127. The first-order valence-corrected chi connectivity index (χ1v) is 8.60. The number of aromatic nitrogens is 3. The zero-order valence-electron chi connectivity index (χ0n) is 15.3.